The third-order valence-corrected chi connectivity index (χ3v) is 6.31. The van der Waals surface area contributed by atoms with Crippen LogP contribution in [-0.2, 0) is 14.3 Å². The molecule has 0 saturated heterocycles. The second kappa shape index (κ2) is 12.1. The number of primary amides is 1. The van der Waals surface area contributed by atoms with Gasteiger partial charge in [0.05, 0.1) is 31.9 Å². The quantitative estimate of drug-likeness (QED) is 0.263. The van der Waals surface area contributed by atoms with Crippen LogP contribution in [0.2, 0.25) is 0 Å². The molecule has 2 unspecified atom stereocenters. The van der Waals surface area contributed by atoms with E-state index >= 15 is 0 Å². The molecule has 174 valence electrons. The monoisotopic (exact) mass is 455 g/mol. The van der Waals surface area contributed by atoms with Gasteiger partial charge in [0.15, 0.2) is 6.04 Å². The first-order valence-electron chi connectivity index (χ1n) is 11.1. The van der Waals surface area contributed by atoms with E-state index in [1.165, 1.54) is 12.8 Å². The number of quaternary nitrogens is 2. The summed E-state index contributed by atoms with van der Waals surface area (Å²) >= 11 is 1.15. The highest BCUT2D eigenvalue weighted by Crippen LogP contribution is 2.31. The molecule has 1 aliphatic rings. The van der Waals surface area contributed by atoms with E-state index in [2.05, 4.69) is 34.5 Å². The van der Waals surface area contributed by atoms with Gasteiger partial charge < -0.3 is 20.9 Å². The summed E-state index contributed by atoms with van der Waals surface area (Å²) in [6.45, 7) is 6.22. The molecule has 0 aliphatic carbocycles. The third-order valence-electron chi connectivity index (χ3n) is 5.80. The first-order valence-corrected chi connectivity index (χ1v) is 11.8. The van der Waals surface area contributed by atoms with E-state index < -0.39 is 17.9 Å². The Hall–Kier alpha value is -2.04. The number of carbonyl (C=O) groups is 2. The Morgan fingerprint density at radius 3 is 2.81 bits per heavy atom. The first-order chi connectivity index (χ1) is 14.8. The Morgan fingerprint density at radius 1 is 1.32 bits per heavy atom. The summed E-state index contributed by atoms with van der Waals surface area (Å²) in [6.07, 6.45) is 7.62. The van der Waals surface area contributed by atoms with Crippen molar-refractivity contribution in [2.45, 2.75) is 71.1 Å². The summed E-state index contributed by atoms with van der Waals surface area (Å²) in [5.74, 6) is -0.259. The second-order valence-electron chi connectivity index (χ2n) is 8.44. The summed E-state index contributed by atoms with van der Waals surface area (Å²) in [5.41, 5.74) is 10.8. The molecule has 1 aromatic rings. The normalized spacial score (nSPS) is 20.6. The van der Waals surface area contributed by atoms with Crippen LogP contribution in [0.5, 0.6) is 5.88 Å². The largest absolute Gasteiger partial charge is 0.475 e. The van der Waals surface area contributed by atoms with Gasteiger partial charge in [0, 0.05) is 31.8 Å². The molecular weight excluding hydrogens is 418 g/mol. The third kappa shape index (κ3) is 7.55. The predicted octanol–water partition coefficient (Wildman–Crippen LogP) is 1.50. The molecule has 31 heavy (non-hydrogen) atoms. The van der Waals surface area contributed by atoms with Gasteiger partial charge >= 0.3 is 5.97 Å². The fourth-order valence-electron chi connectivity index (χ4n) is 3.54. The van der Waals surface area contributed by atoms with E-state index in [9.17, 15) is 9.59 Å². The Bertz CT molecular complexity index is 769. The molecule has 0 spiro atoms. The molecule has 0 bridgehead atoms. The number of carbonyl (C=O) groups excluding carboxylic acids is 2. The molecule has 0 fully saturated rings. The maximum Gasteiger partial charge on any atom is 0.369 e. The molecule has 2 heterocycles. The zero-order valence-electron chi connectivity index (χ0n) is 19.0. The highest BCUT2D eigenvalue weighted by molar-refractivity contribution is 6.99. The lowest BCUT2D eigenvalue weighted by atomic mass is 10.0. The number of aromatic nitrogens is 2. The molecule has 0 saturated carbocycles. The highest BCUT2D eigenvalue weighted by atomic mass is 32.1. The summed E-state index contributed by atoms with van der Waals surface area (Å²) in [7, 11) is 2.07. The minimum absolute atomic E-state index is 0.120. The van der Waals surface area contributed by atoms with E-state index in [1.54, 1.807) is 0 Å². The van der Waals surface area contributed by atoms with Crippen LogP contribution in [0.1, 0.15) is 64.5 Å². The molecule has 9 nitrogen and oxygen atoms in total. The second-order valence-corrected chi connectivity index (χ2v) is 8.97. The van der Waals surface area contributed by atoms with Crippen LogP contribution in [0.4, 0.5) is 0 Å². The minimum Gasteiger partial charge on any atom is -0.475 e. The maximum absolute atomic E-state index is 12.4. The van der Waals surface area contributed by atoms with E-state index in [0.29, 0.717) is 29.9 Å². The lowest BCUT2D eigenvalue weighted by molar-refractivity contribution is -0.944. The molecule has 5 N–H and O–H groups in total. The van der Waals surface area contributed by atoms with E-state index in [0.717, 1.165) is 48.8 Å². The van der Waals surface area contributed by atoms with Gasteiger partial charge in [0.2, 0.25) is 12.1 Å². The van der Waals surface area contributed by atoms with Gasteiger partial charge in [-0.2, -0.15) is 4.37 Å². The number of amides is 1. The highest BCUT2D eigenvalue weighted by Gasteiger charge is 2.38. The molecule has 0 aromatic carbocycles. The Morgan fingerprint density at radius 2 is 2.10 bits per heavy atom. The predicted molar refractivity (Wildman–Crippen MR) is 119 cm³/mol. The molecule has 1 amide bonds. The van der Waals surface area contributed by atoms with Crippen molar-refractivity contribution in [3.05, 3.63) is 11.8 Å². The number of hydrogen-bond acceptors (Lipinski definition) is 7. The summed E-state index contributed by atoms with van der Waals surface area (Å²) in [6, 6.07) is -0.614. The van der Waals surface area contributed by atoms with Gasteiger partial charge in [-0.05, 0) is 6.42 Å². The number of unbranched alkanes of at least 4 members (excludes halogenated alkanes) is 3. The van der Waals surface area contributed by atoms with Gasteiger partial charge in [0.25, 0.3) is 5.88 Å². The molecule has 3 atom stereocenters. The molecule has 0 radical (unpaired) electrons. The number of nitrogens with two attached hydrogens (primary N) is 1. The number of hydrogen-bond donors (Lipinski definition) is 2. The van der Waals surface area contributed by atoms with Crippen LogP contribution in [0, 0.1) is 0 Å². The minimum atomic E-state index is -0.614. The number of nitrogens with zero attached hydrogens (tertiary/aromatic N) is 3. The fraction of sp³-hybridized carbons (Fsp3) is 0.714. The van der Waals surface area contributed by atoms with Crippen molar-refractivity contribution >= 4 is 29.2 Å². The Labute approximate surface area is 188 Å². The fourth-order valence-corrected chi connectivity index (χ4v) is 4.07. The van der Waals surface area contributed by atoms with Crippen molar-refractivity contribution < 1.29 is 29.3 Å². The zero-order valence-corrected chi connectivity index (χ0v) is 19.8. The van der Waals surface area contributed by atoms with Crippen molar-refractivity contribution in [3.63, 3.8) is 0 Å². The average molecular weight is 456 g/mol. The Balaban J connectivity index is 1.96. The Kier molecular flexibility index (Phi) is 9.86. The number of esters is 1. The lowest BCUT2D eigenvalue weighted by Crippen LogP contribution is -2.66. The summed E-state index contributed by atoms with van der Waals surface area (Å²) < 4.78 is 21.0. The van der Waals surface area contributed by atoms with Crippen molar-refractivity contribution in [1.29, 1.82) is 0 Å². The van der Waals surface area contributed by atoms with Crippen LogP contribution in [0.15, 0.2) is 6.08 Å². The van der Waals surface area contributed by atoms with Gasteiger partial charge in [-0.1, -0.05) is 32.3 Å². The number of rotatable bonds is 13. The molecule has 1 aromatic heterocycles. The maximum atomic E-state index is 12.4. The van der Waals surface area contributed by atoms with Crippen LogP contribution < -0.4 is 16.2 Å². The molecule has 1 aliphatic heterocycles. The SMILES string of the molecule is CCCCCCOc1nsnc1C1=CCC[N+](C)(C(C)OC(=O)[C@@H]([NH3+])CCC(N)=O)C1. The summed E-state index contributed by atoms with van der Waals surface area (Å²) in [4.78, 5) is 23.4. The number of ether oxygens (including phenoxy) is 2. The molecular formula is C21H37N5O4S+2. The van der Waals surface area contributed by atoms with Crippen molar-refractivity contribution in [2.24, 2.45) is 5.73 Å². The van der Waals surface area contributed by atoms with Gasteiger partial charge in [-0.25, -0.2) is 4.79 Å². The zero-order chi connectivity index (χ0) is 22.9. The molecule has 2 rings (SSSR count). The van der Waals surface area contributed by atoms with Crippen molar-refractivity contribution in [3.8, 4) is 5.88 Å². The van der Waals surface area contributed by atoms with Crippen LogP contribution in [-0.4, -0.2) is 64.1 Å². The lowest BCUT2D eigenvalue weighted by Gasteiger charge is -2.41. The van der Waals surface area contributed by atoms with Crippen LogP contribution in [0.3, 0.4) is 0 Å². The van der Waals surface area contributed by atoms with E-state index in [-0.39, 0.29) is 12.6 Å². The van der Waals surface area contributed by atoms with Gasteiger partial charge in [-0.3, -0.25) is 9.28 Å². The van der Waals surface area contributed by atoms with Gasteiger partial charge in [0.1, 0.15) is 12.2 Å². The van der Waals surface area contributed by atoms with E-state index in [4.69, 9.17) is 15.2 Å². The summed E-state index contributed by atoms with van der Waals surface area (Å²) in [5, 5.41) is 0. The van der Waals surface area contributed by atoms with Gasteiger partial charge in [-0.15, -0.1) is 4.37 Å². The van der Waals surface area contributed by atoms with E-state index in [1.807, 2.05) is 6.92 Å². The smallest absolute Gasteiger partial charge is 0.369 e. The number of likely N-dealkylation sites (N-methyl/N-ethyl adjacent to an activating group) is 1. The topological polar surface area (TPSA) is 132 Å². The average Bonchev–Trinajstić information content (AvgIpc) is 3.20. The first kappa shape index (κ1) is 25.2. The van der Waals surface area contributed by atoms with Crippen molar-refractivity contribution in [1.82, 2.24) is 8.75 Å². The van der Waals surface area contributed by atoms with Crippen LogP contribution >= 0.6 is 11.7 Å². The van der Waals surface area contributed by atoms with Crippen LogP contribution in [0.25, 0.3) is 5.57 Å². The van der Waals surface area contributed by atoms with Crippen molar-refractivity contribution in [2.75, 3.05) is 26.7 Å². The molecule has 10 heteroatoms. The standard InChI is InChI=1S/C21H35N5O4S/c1-4-5-6-7-13-29-20-19(24-31-25-20)16-9-8-12-26(3,14-16)15(2)30-21(28)17(22)10-11-18(23)27/h9,15,17H,4-8,10-14,22H2,1-3H3,(H-,23,27)/p+2/t15?,17-,26?/m0/s1.